The van der Waals surface area contributed by atoms with Crippen LogP contribution in [0.1, 0.15) is 25.7 Å². The molecule has 0 bridgehead atoms. The first kappa shape index (κ1) is 11.2. The Labute approximate surface area is 96.6 Å². The van der Waals surface area contributed by atoms with E-state index >= 15 is 0 Å². The average Bonchev–Trinajstić information content (AvgIpc) is 2.33. The Kier molecular flexibility index (Phi) is 3.97. The van der Waals surface area contributed by atoms with Crippen molar-refractivity contribution in [2.24, 2.45) is 5.92 Å². The zero-order chi connectivity index (χ0) is 11.2. The third kappa shape index (κ3) is 3.37. The Morgan fingerprint density at radius 2 is 1.88 bits per heavy atom. The number of carbonyl (C=O) groups excluding carboxylic acids is 1. The summed E-state index contributed by atoms with van der Waals surface area (Å²) in [7, 11) is 0. The molecule has 2 rings (SSSR count). The van der Waals surface area contributed by atoms with Gasteiger partial charge in [0.15, 0.2) is 0 Å². The molecule has 0 aromatic heterocycles. The highest BCUT2D eigenvalue weighted by Crippen LogP contribution is 2.23. The molecule has 1 aliphatic rings. The molecule has 1 saturated carbocycles. The monoisotopic (exact) mass is 217 g/mol. The van der Waals surface area contributed by atoms with Crippen molar-refractivity contribution in [2.75, 3.05) is 6.61 Å². The Balaban J connectivity index is 1.67. The summed E-state index contributed by atoms with van der Waals surface area (Å²) in [5.74, 6) is 1.88. The molecule has 1 fully saturated rings. The number of rotatable bonds is 4. The molecule has 0 N–H and O–H groups in total. The molecule has 2 heteroatoms. The van der Waals surface area contributed by atoms with E-state index in [0.717, 1.165) is 31.4 Å². The fourth-order valence-corrected chi connectivity index (χ4v) is 1.99. The summed E-state index contributed by atoms with van der Waals surface area (Å²) in [6.45, 7) is 0.642. The summed E-state index contributed by atoms with van der Waals surface area (Å²) in [6, 6.07) is 9.82. The fourth-order valence-electron chi connectivity index (χ4n) is 1.99. The van der Waals surface area contributed by atoms with Gasteiger partial charge in [-0.05, 0) is 30.9 Å². The summed E-state index contributed by atoms with van der Waals surface area (Å²) in [4.78, 5) is 11.1. The van der Waals surface area contributed by atoms with Crippen molar-refractivity contribution in [2.45, 2.75) is 25.7 Å². The second kappa shape index (κ2) is 5.69. The lowest BCUT2D eigenvalue weighted by Crippen LogP contribution is -2.16. The van der Waals surface area contributed by atoms with Gasteiger partial charge in [-0.1, -0.05) is 18.2 Å². The first-order chi connectivity index (χ1) is 7.84. The molecule has 1 aromatic rings. The molecule has 2 nitrogen and oxygen atoms in total. The average molecular weight is 217 g/mol. The molecule has 0 spiro atoms. The number of hydrogen-bond acceptors (Lipinski definition) is 2. The van der Waals surface area contributed by atoms with Gasteiger partial charge in [0.05, 0.1) is 6.61 Å². The number of para-hydroxylation sites is 1. The van der Waals surface area contributed by atoms with E-state index in [-0.39, 0.29) is 0 Å². The number of Topliss-reactive ketones (excluding diaryl/α,β-unsaturated/α-hetero) is 1. The largest absolute Gasteiger partial charge is 0.493 e. The van der Waals surface area contributed by atoms with Crippen LogP contribution in [0.15, 0.2) is 30.3 Å². The van der Waals surface area contributed by atoms with Gasteiger partial charge in [0, 0.05) is 19.3 Å². The molecule has 16 heavy (non-hydrogen) atoms. The van der Waals surface area contributed by atoms with Crippen LogP contribution >= 0.6 is 0 Å². The van der Waals surface area contributed by atoms with E-state index in [9.17, 15) is 4.79 Å². The van der Waals surface area contributed by atoms with Gasteiger partial charge in [0.1, 0.15) is 11.5 Å². The van der Waals surface area contributed by atoms with Crippen LogP contribution < -0.4 is 4.74 Å². The van der Waals surface area contributed by atoms with Crippen LogP contribution in [0.2, 0.25) is 0 Å². The minimum absolute atomic E-state index is 0.411. The van der Waals surface area contributed by atoms with Crippen molar-refractivity contribution >= 4 is 5.78 Å². The van der Waals surface area contributed by atoms with Crippen molar-refractivity contribution in [3.05, 3.63) is 36.8 Å². The maximum atomic E-state index is 11.1. The highest BCUT2D eigenvalue weighted by Gasteiger charge is 2.18. The maximum absolute atomic E-state index is 11.1. The van der Waals surface area contributed by atoms with Gasteiger partial charge in [0.2, 0.25) is 0 Å². The van der Waals surface area contributed by atoms with E-state index in [1.807, 2.05) is 30.3 Å². The highest BCUT2D eigenvalue weighted by atomic mass is 16.5. The molecule has 0 saturated heterocycles. The van der Waals surface area contributed by atoms with Crippen molar-refractivity contribution in [1.82, 2.24) is 0 Å². The van der Waals surface area contributed by atoms with Gasteiger partial charge < -0.3 is 4.74 Å². The molecular weight excluding hydrogens is 200 g/mol. The minimum Gasteiger partial charge on any atom is -0.493 e. The lowest BCUT2D eigenvalue weighted by atomic mass is 9.86. The smallest absolute Gasteiger partial charge is 0.132 e. The zero-order valence-electron chi connectivity index (χ0n) is 9.39. The molecule has 85 valence electrons. The van der Waals surface area contributed by atoms with E-state index in [1.165, 1.54) is 0 Å². The summed E-state index contributed by atoms with van der Waals surface area (Å²) in [5, 5.41) is 0. The topological polar surface area (TPSA) is 26.3 Å². The Hall–Kier alpha value is -1.31. The molecule has 0 heterocycles. The molecule has 0 atom stereocenters. The first-order valence-corrected chi connectivity index (χ1v) is 5.87. The SMILES string of the molecule is O=C1CCC([CH]COc2ccccc2)CC1. The van der Waals surface area contributed by atoms with Crippen LogP contribution in [0.25, 0.3) is 0 Å². The predicted octanol–water partition coefficient (Wildman–Crippen LogP) is 3.03. The molecule has 1 radical (unpaired) electrons. The summed E-state index contributed by atoms with van der Waals surface area (Å²) in [5.41, 5.74) is 0. The number of carbonyl (C=O) groups is 1. The Bertz CT molecular complexity index is 322. The van der Waals surface area contributed by atoms with Crippen molar-refractivity contribution in [3.63, 3.8) is 0 Å². The number of benzene rings is 1. The van der Waals surface area contributed by atoms with Crippen LogP contribution in [0, 0.1) is 12.3 Å². The van der Waals surface area contributed by atoms with Gasteiger partial charge in [-0.15, -0.1) is 0 Å². The molecule has 1 aromatic carbocycles. The Morgan fingerprint density at radius 1 is 1.19 bits per heavy atom. The summed E-state index contributed by atoms with van der Waals surface area (Å²) < 4.78 is 5.60. The second-order valence-corrected chi connectivity index (χ2v) is 4.24. The first-order valence-electron chi connectivity index (χ1n) is 5.87. The molecule has 0 aliphatic heterocycles. The van der Waals surface area contributed by atoms with Crippen molar-refractivity contribution in [3.8, 4) is 5.75 Å². The summed E-state index contributed by atoms with van der Waals surface area (Å²) >= 11 is 0. The van der Waals surface area contributed by atoms with Crippen LogP contribution in [-0.4, -0.2) is 12.4 Å². The van der Waals surface area contributed by atoms with E-state index < -0.39 is 0 Å². The third-order valence-corrected chi connectivity index (χ3v) is 3.01. The zero-order valence-corrected chi connectivity index (χ0v) is 9.39. The minimum atomic E-state index is 0.411. The second-order valence-electron chi connectivity index (χ2n) is 4.24. The highest BCUT2D eigenvalue weighted by molar-refractivity contribution is 5.79. The van der Waals surface area contributed by atoms with Crippen LogP contribution in [0.5, 0.6) is 5.75 Å². The van der Waals surface area contributed by atoms with Crippen LogP contribution in [0.4, 0.5) is 0 Å². The predicted molar refractivity (Wildman–Crippen MR) is 63.2 cm³/mol. The van der Waals surface area contributed by atoms with E-state index in [1.54, 1.807) is 0 Å². The molecule has 0 amide bonds. The van der Waals surface area contributed by atoms with Crippen LogP contribution in [0.3, 0.4) is 0 Å². The van der Waals surface area contributed by atoms with E-state index in [4.69, 9.17) is 4.74 Å². The van der Waals surface area contributed by atoms with E-state index in [0.29, 0.717) is 18.3 Å². The maximum Gasteiger partial charge on any atom is 0.132 e. The number of hydrogen-bond donors (Lipinski definition) is 0. The van der Waals surface area contributed by atoms with Crippen molar-refractivity contribution in [1.29, 1.82) is 0 Å². The normalized spacial score (nSPS) is 17.4. The number of ketones is 1. The van der Waals surface area contributed by atoms with Gasteiger partial charge in [0.25, 0.3) is 0 Å². The third-order valence-electron chi connectivity index (χ3n) is 3.01. The summed E-state index contributed by atoms with van der Waals surface area (Å²) in [6.07, 6.45) is 5.67. The van der Waals surface area contributed by atoms with E-state index in [2.05, 4.69) is 6.42 Å². The quantitative estimate of drug-likeness (QED) is 0.775. The Morgan fingerprint density at radius 3 is 2.56 bits per heavy atom. The molecular formula is C14H17O2. The van der Waals surface area contributed by atoms with Gasteiger partial charge in [-0.25, -0.2) is 0 Å². The van der Waals surface area contributed by atoms with Gasteiger partial charge >= 0.3 is 0 Å². The lowest BCUT2D eigenvalue weighted by molar-refractivity contribution is -0.120. The van der Waals surface area contributed by atoms with Crippen molar-refractivity contribution < 1.29 is 9.53 Å². The standard InChI is InChI=1S/C14H17O2/c15-13-8-6-12(7-9-13)10-11-16-14-4-2-1-3-5-14/h1-5,10,12H,6-9,11H2. The lowest BCUT2D eigenvalue weighted by Gasteiger charge is -2.20. The van der Waals surface area contributed by atoms with Gasteiger partial charge in [-0.2, -0.15) is 0 Å². The molecule has 1 aliphatic carbocycles. The molecule has 0 unspecified atom stereocenters. The number of ether oxygens (including phenoxy) is 1. The van der Waals surface area contributed by atoms with Crippen LogP contribution in [-0.2, 0) is 4.79 Å². The van der Waals surface area contributed by atoms with Gasteiger partial charge in [-0.3, -0.25) is 4.79 Å². The fraction of sp³-hybridized carbons (Fsp3) is 0.429.